The van der Waals surface area contributed by atoms with Crippen LogP contribution in [0.2, 0.25) is 0 Å². The fourth-order valence-electron chi connectivity index (χ4n) is 3.34. The van der Waals surface area contributed by atoms with E-state index in [1.807, 2.05) is 47.9 Å². The zero-order chi connectivity index (χ0) is 18.8. The van der Waals surface area contributed by atoms with Crippen molar-refractivity contribution in [3.63, 3.8) is 0 Å². The van der Waals surface area contributed by atoms with Gasteiger partial charge in [0.25, 0.3) is 0 Å². The third-order valence-corrected chi connectivity index (χ3v) is 4.73. The summed E-state index contributed by atoms with van der Waals surface area (Å²) in [6.45, 7) is 2.35. The fraction of sp³-hybridized carbons (Fsp3) is 0.0870. The molecule has 4 rings (SSSR count). The van der Waals surface area contributed by atoms with Crippen LogP contribution in [0, 0.1) is 6.92 Å². The molecule has 0 spiro atoms. The molecule has 0 saturated heterocycles. The molecular formula is C23H18N2O2. The number of hydrogen-bond donors (Lipinski definition) is 0. The quantitative estimate of drug-likeness (QED) is 0.521. The van der Waals surface area contributed by atoms with Crippen molar-refractivity contribution in [3.8, 4) is 0 Å². The predicted molar refractivity (Wildman–Crippen MR) is 106 cm³/mol. The Hall–Kier alpha value is -3.53. The lowest BCUT2D eigenvalue weighted by molar-refractivity contribution is 0.103. The third kappa shape index (κ3) is 3.06. The Morgan fingerprint density at radius 2 is 1.59 bits per heavy atom. The van der Waals surface area contributed by atoms with Gasteiger partial charge in [0.2, 0.25) is 5.43 Å². The Labute approximate surface area is 156 Å². The Balaban J connectivity index is 1.97. The molecule has 0 bridgehead atoms. The van der Waals surface area contributed by atoms with Gasteiger partial charge < -0.3 is 4.57 Å². The minimum atomic E-state index is -0.270. The number of rotatable bonds is 4. The highest BCUT2D eigenvalue weighted by Crippen LogP contribution is 2.18. The van der Waals surface area contributed by atoms with E-state index in [4.69, 9.17) is 0 Å². The van der Waals surface area contributed by atoms with Gasteiger partial charge in [0.05, 0.1) is 10.9 Å². The van der Waals surface area contributed by atoms with E-state index < -0.39 is 0 Å². The first-order chi connectivity index (χ1) is 13.2. The molecule has 4 aromatic rings. The van der Waals surface area contributed by atoms with Crippen molar-refractivity contribution in [1.29, 1.82) is 0 Å². The second-order valence-electron chi connectivity index (χ2n) is 6.43. The average Bonchev–Trinajstić information content (AvgIpc) is 2.72. The molecule has 27 heavy (non-hydrogen) atoms. The molecule has 4 heteroatoms. The maximum atomic E-state index is 13.1. The molecule has 0 fully saturated rings. The molecule has 0 aliphatic carbocycles. The van der Waals surface area contributed by atoms with Crippen LogP contribution in [0.3, 0.4) is 0 Å². The van der Waals surface area contributed by atoms with E-state index in [0.29, 0.717) is 28.8 Å². The molecule has 2 aromatic heterocycles. The number of hydrogen-bond acceptors (Lipinski definition) is 3. The van der Waals surface area contributed by atoms with Gasteiger partial charge in [0.1, 0.15) is 5.65 Å². The van der Waals surface area contributed by atoms with Gasteiger partial charge in [0, 0.05) is 24.0 Å². The largest absolute Gasteiger partial charge is 0.325 e. The summed E-state index contributed by atoms with van der Waals surface area (Å²) in [5, 5.41) is 0.457. The summed E-state index contributed by atoms with van der Waals surface area (Å²) >= 11 is 0. The highest BCUT2D eigenvalue weighted by molar-refractivity contribution is 6.10. The van der Waals surface area contributed by atoms with Gasteiger partial charge in [0.15, 0.2) is 5.78 Å². The number of carbonyl (C=O) groups excluding carboxylic acids is 1. The van der Waals surface area contributed by atoms with Crippen LogP contribution in [-0.2, 0) is 6.54 Å². The van der Waals surface area contributed by atoms with Crippen molar-refractivity contribution in [2.45, 2.75) is 13.5 Å². The average molecular weight is 354 g/mol. The van der Waals surface area contributed by atoms with E-state index in [1.54, 1.807) is 42.6 Å². The molecule has 0 aliphatic heterocycles. The van der Waals surface area contributed by atoms with E-state index in [0.717, 1.165) is 5.56 Å². The van der Waals surface area contributed by atoms with Crippen LogP contribution < -0.4 is 5.43 Å². The first-order valence-corrected chi connectivity index (χ1v) is 8.78. The smallest absolute Gasteiger partial charge is 0.202 e. The Bertz CT molecular complexity index is 1180. The van der Waals surface area contributed by atoms with Gasteiger partial charge in [-0.25, -0.2) is 4.98 Å². The molecular weight excluding hydrogens is 336 g/mol. The van der Waals surface area contributed by atoms with Crippen LogP contribution >= 0.6 is 0 Å². The minimum absolute atomic E-state index is 0.206. The molecule has 0 radical (unpaired) electrons. The molecule has 0 unspecified atom stereocenters. The maximum absolute atomic E-state index is 13.1. The minimum Gasteiger partial charge on any atom is -0.325 e. The summed E-state index contributed by atoms with van der Waals surface area (Å²) in [7, 11) is 0. The fourth-order valence-corrected chi connectivity index (χ4v) is 3.34. The second-order valence-corrected chi connectivity index (χ2v) is 6.43. The summed E-state index contributed by atoms with van der Waals surface area (Å²) in [6, 6.07) is 22.3. The zero-order valence-corrected chi connectivity index (χ0v) is 14.9. The molecule has 2 aromatic carbocycles. The lowest BCUT2D eigenvalue weighted by atomic mass is 9.99. The van der Waals surface area contributed by atoms with Gasteiger partial charge in [-0.2, -0.15) is 0 Å². The van der Waals surface area contributed by atoms with Gasteiger partial charge >= 0.3 is 0 Å². The van der Waals surface area contributed by atoms with Crippen molar-refractivity contribution in [2.75, 3.05) is 0 Å². The normalized spacial score (nSPS) is 10.9. The molecule has 0 atom stereocenters. The van der Waals surface area contributed by atoms with Crippen molar-refractivity contribution >= 4 is 16.8 Å². The summed E-state index contributed by atoms with van der Waals surface area (Å²) in [6.07, 6.45) is 1.67. The van der Waals surface area contributed by atoms with E-state index in [2.05, 4.69) is 4.98 Å². The first-order valence-electron chi connectivity index (χ1n) is 8.78. The summed E-state index contributed by atoms with van der Waals surface area (Å²) < 4.78 is 1.95. The zero-order valence-electron chi connectivity index (χ0n) is 14.9. The number of nitrogens with zero attached hydrogens (tertiary/aromatic N) is 2. The standard InChI is InChI=1S/C23H18N2O2/c1-16-20(21(26)18-11-6-3-7-12-18)22(27)19-13-8-14-24-23(19)25(16)15-17-9-4-2-5-10-17/h2-14H,15H2,1H3. The van der Waals surface area contributed by atoms with Gasteiger partial charge in [-0.3, -0.25) is 9.59 Å². The predicted octanol–water partition coefficient (Wildman–Crippen LogP) is 3.98. The topological polar surface area (TPSA) is 52.0 Å². The van der Waals surface area contributed by atoms with Crippen molar-refractivity contribution in [2.24, 2.45) is 0 Å². The molecule has 132 valence electrons. The second kappa shape index (κ2) is 7.00. The summed E-state index contributed by atoms with van der Waals surface area (Å²) in [5.41, 5.74) is 2.74. The molecule has 0 aliphatic rings. The Morgan fingerprint density at radius 3 is 2.30 bits per heavy atom. The molecule has 4 nitrogen and oxygen atoms in total. The lowest BCUT2D eigenvalue weighted by Crippen LogP contribution is -2.24. The summed E-state index contributed by atoms with van der Waals surface area (Å²) in [4.78, 5) is 30.6. The number of ketones is 1. The molecule has 0 amide bonds. The molecule has 0 saturated carbocycles. The highest BCUT2D eigenvalue weighted by atomic mass is 16.1. The van der Waals surface area contributed by atoms with Crippen LogP contribution in [0.1, 0.15) is 27.2 Å². The van der Waals surface area contributed by atoms with Crippen LogP contribution in [-0.4, -0.2) is 15.3 Å². The van der Waals surface area contributed by atoms with Crippen LogP contribution in [0.25, 0.3) is 11.0 Å². The van der Waals surface area contributed by atoms with E-state index in [1.165, 1.54) is 0 Å². The van der Waals surface area contributed by atoms with Crippen LogP contribution in [0.15, 0.2) is 83.8 Å². The number of carbonyl (C=O) groups is 1. The van der Waals surface area contributed by atoms with E-state index in [-0.39, 0.29) is 16.8 Å². The SMILES string of the molecule is Cc1c(C(=O)c2ccccc2)c(=O)c2cccnc2n1Cc1ccccc1. The van der Waals surface area contributed by atoms with Crippen LogP contribution in [0.5, 0.6) is 0 Å². The lowest BCUT2D eigenvalue weighted by Gasteiger charge is -2.17. The monoisotopic (exact) mass is 354 g/mol. The van der Waals surface area contributed by atoms with Gasteiger partial charge in [-0.1, -0.05) is 60.7 Å². The van der Waals surface area contributed by atoms with Gasteiger partial charge in [-0.05, 0) is 24.6 Å². The van der Waals surface area contributed by atoms with Crippen molar-refractivity contribution in [1.82, 2.24) is 9.55 Å². The van der Waals surface area contributed by atoms with E-state index in [9.17, 15) is 9.59 Å². The number of benzene rings is 2. The van der Waals surface area contributed by atoms with Crippen molar-refractivity contribution in [3.05, 3.63) is 112 Å². The van der Waals surface area contributed by atoms with Gasteiger partial charge in [-0.15, -0.1) is 0 Å². The number of pyridine rings is 2. The Kier molecular flexibility index (Phi) is 4.38. The Morgan fingerprint density at radius 1 is 0.926 bits per heavy atom. The van der Waals surface area contributed by atoms with Crippen molar-refractivity contribution < 1.29 is 4.79 Å². The maximum Gasteiger partial charge on any atom is 0.202 e. The highest BCUT2D eigenvalue weighted by Gasteiger charge is 2.21. The van der Waals surface area contributed by atoms with E-state index >= 15 is 0 Å². The number of fused-ring (bicyclic) bond motifs is 1. The first kappa shape index (κ1) is 16.9. The number of aromatic nitrogens is 2. The molecule has 0 N–H and O–H groups in total. The van der Waals surface area contributed by atoms with Crippen LogP contribution in [0.4, 0.5) is 0 Å². The molecule has 2 heterocycles. The third-order valence-electron chi connectivity index (χ3n) is 4.73. The summed E-state index contributed by atoms with van der Waals surface area (Å²) in [5.74, 6) is -0.259.